The number of hydrazone groups is 1. The monoisotopic (exact) mass is 547 g/mol. The number of methoxy groups -OCH3 is 1. The van der Waals surface area contributed by atoms with Gasteiger partial charge in [-0.15, -0.1) is 0 Å². The predicted octanol–water partition coefficient (Wildman–Crippen LogP) is 5.86. The highest BCUT2D eigenvalue weighted by atomic mass is 16.7. The standard InChI is InChI=1S/C32H25N3O6/c1-19-8-11-24-23(14-19)29(21-6-4-3-5-7-21)30(34-24)31(36)35-33-17-20-9-12-26(27(15-20)38-2)41-32(37)22-10-13-25-28(16-22)40-18-39-25/h3-17,34H,18H2,1-2H3,(H,35,36). The van der Waals surface area contributed by atoms with E-state index >= 15 is 0 Å². The van der Waals surface area contributed by atoms with Gasteiger partial charge in [0.15, 0.2) is 23.0 Å². The largest absolute Gasteiger partial charge is 0.493 e. The van der Waals surface area contributed by atoms with Crippen LogP contribution in [0, 0.1) is 6.92 Å². The van der Waals surface area contributed by atoms with Crippen molar-refractivity contribution in [2.45, 2.75) is 6.92 Å². The van der Waals surface area contributed by atoms with Crippen molar-refractivity contribution in [3.8, 4) is 34.1 Å². The number of fused-ring (bicyclic) bond motifs is 2. The van der Waals surface area contributed by atoms with Gasteiger partial charge in [0.1, 0.15) is 5.69 Å². The van der Waals surface area contributed by atoms with Crippen molar-refractivity contribution < 1.29 is 28.5 Å². The molecule has 0 atom stereocenters. The number of rotatable bonds is 7. The number of nitrogens with zero attached hydrogens (tertiary/aromatic N) is 1. The predicted molar refractivity (Wildman–Crippen MR) is 154 cm³/mol. The molecule has 4 aromatic carbocycles. The van der Waals surface area contributed by atoms with Crippen molar-refractivity contribution in [2.24, 2.45) is 5.10 Å². The molecule has 0 unspecified atom stereocenters. The number of benzene rings is 4. The van der Waals surface area contributed by atoms with Crippen molar-refractivity contribution in [2.75, 3.05) is 13.9 Å². The van der Waals surface area contributed by atoms with Gasteiger partial charge in [0.05, 0.1) is 18.9 Å². The number of hydrogen-bond acceptors (Lipinski definition) is 7. The van der Waals surface area contributed by atoms with E-state index in [0.717, 1.165) is 27.6 Å². The highest BCUT2D eigenvalue weighted by Gasteiger charge is 2.20. The lowest BCUT2D eigenvalue weighted by Crippen LogP contribution is -2.18. The van der Waals surface area contributed by atoms with Crippen LogP contribution in [-0.2, 0) is 0 Å². The first kappa shape index (κ1) is 25.7. The third-order valence-electron chi connectivity index (χ3n) is 6.62. The van der Waals surface area contributed by atoms with Gasteiger partial charge in [-0.1, -0.05) is 42.0 Å². The molecule has 0 fully saturated rings. The number of carbonyl (C=O) groups is 2. The Labute approximate surface area is 235 Å². The first-order valence-corrected chi connectivity index (χ1v) is 12.8. The fourth-order valence-electron chi connectivity index (χ4n) is 4.63. The Morgan fingerprint density at radius 1 is 0.927 bits per heavy atom. The molecule has 1 aliphatic heterocycles. The molecule has 9 heteroatoms. The van der Waals surface area contributed by atoms with Crippen LogP contribution in [0.15, 0.2) is 90.0 Å². The minimum Gasteiger partial charge on any atom is -0.493 e. The van der Waals surface area contributed by atoms with E-state index in [1.54, 1.807) is 36.4 Å². The van der Waals surface area contributed by atoms with E-state index in [1.807, 2.05) is 49.4 Å². The van der Waals surface area contributed by atoms with Crippen LogP contribution in [0.3, 0.4) is 0 Å². The molecular formula is C32H25N3O6. The Morgan fingerprint density at radius 3 is 2.59 bits per heavy atom. The molecular weight excluding hydrogens is 522 g/mol. The lowest BCUT2D eigenvalue weighted by atomic mass is 10.0. The van der Waals surface area contributed by atoms with Crippen molar-refractivity contribution in [1.82, 2.24) is 10.4 Å². The second-order valence-corrected chi connectivity index (χ2v) is 9.36. The number of aryl methyl sites for hydroxylation is 1. The fourth-order valence-corrected chi connectivity index (χ4v) is 4.63. The first-order valence-electron chi connectivity index (χ1n) is 12.8. The zero-order valence-corrected chi connectivity index (χ0v) is 22.3. The number of H-pyrrole nitrogens is 1. The summed E-state index contributed by atoms with van der Waals surface area (Å²) in [7, 11) is 1.47. The number of amides is 1. The minimum absolute atomic E-state index is 0.112. The molecule has 0 radical (unpaired) electrons. The maximum Gasteiger partial charge on any atom is 0.343 e. The van der Waals surface area contributed by atoms with Crippen LogP contribution < -0.4 is 24.4 Å². The molecule has 2 N–H and O–H groups in total. The van der Waals surface area contributed by atoms with E-state index in [0.29, 0.717) is 34.1 Å². The lowest BCUT2D eigenvalue weighted by molar-refractivity contribution is 0.0729. The number of nitrogens with one attached hydrogen (secondary N) is 2. The molecule has 204 valence electrons. The van der Waals surface area contributed by atoms with Crippen molar-refractivity contribution in [3.63, 3.8) is 0 Å². The molecule has 6 rings (SSSR count). The summed E-state index contributed by atoms with van der Waals surface area (Å²) in [6.45, 7) is 2.13. The van der Waals surface area contributed by atoms with Crippen LogP contribution in [0.1, 0.15) is 32.0 Å². The SMILES string of the molecule is COc1cc(C=NNC(=O)c2[nH]c3ccc(C)cc3c2-c2ccccc2)ccc1OC(=O)c1ccc2c(c1)OCO2. The van der Waals surface area contributed by atoms with Gasteiger partial charge >= 0.3 is 5.97 Å². The summed E-state index contributed by atoms with van der Waals surface area (Å²) in [5.41, 5.74) is 7.65. The Morgan fingerprint density at radius 2 is 1.76 bits per heavy atom. The number of ether oxygens (including phenoxy) is 4. The van der Waals surface area contributed by atoms with Gasteiger partial charge in [0.2, 0.25) is 6.79 Å². The summed E-state index contributed by atoms with van der Waals surface area (Å²) >= 11 is 0. The molecule has 2 heterocycles. The van der Waals surface area contributed by atoms with Crippen LogP contribution in [0.25, 0.3) is 22.0 Å². The van der Waals surface area contributed by atoms with E-state index in [-0.39, 0.29) is 18.4 Å². The molecule has 0 bridgehead atoms. The molecule has 0 saturated heterocycles. The zero-order valence-electron chi connectivity index (χ0n) is 22.3. The Bertz CT molecular complexity index is 1810. The van der Waals surface area contributed by atoms with E-state index < -0.39 is 5.97 Å². The van der Waals surface area contributed by atoms with Crippen LogP contribution in [-0.4, -0.2) is 37.0 Å². The normalized spacial score (nSPS) is 12.0. The van der Waals surface area contributed by atoms with Gasteiger partial charge in [-0.05, 0) is 66.6 Å². The second-order valence-electron chi connectivity index (χ2n) is 9.36. The molecule has 41 heavy (non-hydrogen) atoms. The van der Waals surface area contributed by atoms with Crippen molar-refractivity contribution in [3.05, 3.63) is 107 Å². The summed E-state index contributed by atoms with van der Waals surface area (Å²) in [5.74, 6) is 0.668. The van der Waals surface area contributed by atoms with E-state index in [2.05, 4.69) is 21.6 Å². The molecule has 0 aliphatic carbocycles. The smallest absolute Gasteiger partial charge is 0.343 e. The third-order valence-corrected chi connectivity index (χ3v) is 6.62. The van der Waals surface area contributed by atoms with Gasteiger partial charge in [-0.2, -0.15) is 5.10 Å². The number of aromatic nitrogens is 1. The molecule has 0 saturated carbocycles. The maximum absolute atomic E-state index is 13.2. The maximum atomic E-state index is 13.2. The van der Waals surface area contributed by atoms with Crippen LogP contribution in [0.4, 0.5) is 0 Å². The average molecular weight is 548 g/mol. The Balaban J connectivity index is 1.19. The number of aromatic amines is 1. The van der Waals surface area contributed by atoms with Gasteiger partial charge in [-0.3, -0.25) is 4.79 Å². The average Bonchev–Trinajstić information content (AvgIpc) is 3.62. The van der Waals surface area contributed by atoms with Crippen molar-refractivity contribution >= 4 is 29.0 Å². The van der Waals surface area contributed by atoms with Gasteiger partial charge in [0, 0.05) is 16.5 Å². The molecule has 5 aromatic rings. The molecule has 1 amide bonds. The quantitative estimate of drug-likeness (QED) is 0.114. The van der Waals surface area contributed by atoms with E-state index in [1.165, 1.54) is 13.3 Å². The Kier molecular flexibility index (Phi) is 6.83. The van der Waals surface area contributed by atoms with Crippen LogP contribution in [0.2, 0.25) is 0 Å². The number of carbonyl (C=O) groups excluding carboxylic acids is 2. The number of esters is 1. The topological polar surface area (TPSA) is 111 Å². The molecule has 0 spiro atoms. The van der Waals surface area contributed by atoms with Gasteiger partial charge in [0.25, 0.3) is 5.91 Å². The second kappa shape index (κ2) is 10.9. The molecule has 1 aromatic heterocycles. The number of hydrogen-bond donors (Lipinski definition) is 2. The first-order chi connectivity index (χ1) is 20.0. The summed E-state index contributed by atoms with van der Waals surface area (Å²) in [6.07, 6.45) is 1.48. The fraction of sp³-hybridized carbons (Fsp3) is 0.0938. The van der Waals surface area contributed by atoms with E-state index in [9.17, 15) is 9.59 Å². The van der Waals surface area contributed by atoms with Crippen LogP contribution >= 0.6 is 0 Å². The van der Waals surface area contributed by atoms with Gasteiger partial charge < -0.3 is 23.9 Å². The summed E-state index contributed by atoms with van der Waals surface area (Å²) in [5, 5.41) is 5.11. The summed E-state index contributed by atoms with van der Waals surface area (Å²) in [4.78, 5) is 29.2. The van der Waals surface area contributed by atoms with Crippen molar-refractivity contribution in [1.29, 1.82) is 0 Å². The molecule has 1 aliphatic rings. The van der Waals surface area contributed by atoms with E-state index in [4.69, 9.17) is 18.9 Å². The lowest BCUT2D eigenvalue weighted by Gasteiger charge is -2.10. The third kappa shape index (κ3) is 5.20. The Hall–Kier alpha value is -5.57. The highest BCUT2D eigenvalue weighted by Crippen LogP contribution is 2.35. The molecule has 9 nitrogen and oxygen atoms in total. The zero-order chi connectivity index (χ0) is 28.3. The van der Waals surface area contributed by atoms with Crippen LogP contribution in [0.5, 0.6) is 23.0 Å². The highest BCUT2D eigenvalue weighted by molar-refractivity contribution is 6.10. The van der Waals surface area contributed by atoms with Gasteiger partial charge in [-0.25, -0.2) is 10.2 Å². The minimum atomic E-state index is -0.571. The summed E-state index contributed by atoms with van der Waals surface area (Å²) in [6, 6.07) is 25.5. The summed E-state index contributed by atoms with van der Waals surface area (Å²) < 4.78 is 21.6.